The lowest BCUT2D eigenvalue weighted by Crippen LogP contribution is -2.61. The molecule has 4 nitrogen and oxygen atoms in total. The number of rotatable bonds is 5. The van der Waals surface area contributed by atoms with Crippen molar-refractivity contribution < 1.29 is 14.3 Å². The smallest absolute Gasteiger partial charge is 0.326 e. The van der Waals surface area contributed by atoms with E-state index in [1.165, 1.54) is 12.8 Å². The van der Waals surface area contributed by atoms with Crippen LogP contribution in [0.15, 0.2) is 0 Å². The SMILES string of the molecule is CCOC(=O)C1(NC2CC2)CCOC(C)(CC)C1. The molecule has 1 aliphatic heterocycles. The van der Waals surface area contributed by atoms with Crippen LogP contribution >= 0.6 is 0 Å². The number of esters is 1. The number of hydrogen-bond donors (Lipinski definition) is 1. The van der Waals surface area contributed by atoms with E-state index in [1.807, 2.05) is 6.92 Å². The lowest BCUT2D eigenvalue weighted by molar-refractivity contribution is -0.166. The average Bonchev–Trinajstić information content (AvgIpc) is 3.13. The van der Waals surface area contributed by atoms with Crippen LogP contribution in [0.5, 0.6) is 0 Å². The molecule has 2 aliphatic rings. The summed E-state index contributed by atoms with van der Waals surface area (Å²) in [6.45, 7) is 7.13. The first-order valence-electron chi connectivity index (χ1n) is 7.12. The molecule has 0 aromatic rings. The van der Waals surface area contributed by atoms with E-state index >= 15 is 0 Å². The zero-order valence-corrected chi connectivity index (χ0v) is 11.8. The van der Waals surface area contributed by atoms with E-state index in [-0.39, 0.29) is 11.6 Å². The van der Waals surface area contributed by atoms with Crippen LogP contribution in [0.2, 0.25) is 0 Å². The van der Waals surface area contributed by atoms with Gasteiger partial charge in [-0.1, -0.05) is 6.92 Å². The van der Waals surface area contributed by atoms with Crippen molar-refractivity contribution in [2.75, 3.05) is 13.2 Å². The van der Waals surface area contributed by atoms with Crippen LogP contribution < -0.4 is 5.32 Å². The van der Waals surface area contributed by atoms with E-state index in [4.69, 9.17) is 9.47 Å². The second kappa shape index (κ2) is 5.17. The van der Waals surface area contributed by atoms with Crippen LogP contribution in [0.3, 0.4) is 0 Å². The summed E-state index contributed by atoms with van der Waals surface area (Å²) in [7, 11) is 0. The predicted molar refractivity (Wildman–Crippen MR) is 69.4 cm³/mol. The Labute approximate surface area is 109 Å². The van der Waals surface area contributed by atoms with Gasteiger partial charge in [-0.15, -0.1) is 0 Å². The van der Waals surface area contributed by atoms with Crippen molar-refractivity contribution in [1.29, 1.82) is 0 Å². The minimum Gasteiger partial charge on any atom is -0.465 e. The molecular weight excluding hydrogens is 230 g/mol. The fourth-order valence-electron chi connectivity index (χ4n) is 2.72. The molecule has 2 fully saturated rings. The fourth-order valence-corrected chi connectivity index (χ4v) is 2.72. The van der Waals surface area contributed by atoms with Crippen molar-refractivity contribution in [3.05, 3.63) is 0 Å². The van der Waals surface area contributed by atoms with Gasteiger partial charge >= 0.3 is 5.97 Å². The monoisotopic (exact) mass is 255 g/mol. The van der Waals surface area contributed by atoms with Gasteiger partial charge in [-0.05, 0) is 39.5 Å². The highest BCUT2D eigenvalue weighted by Crippen LogP contribution is 2.37. The second-order valence-electron chi connectivity index (χ2n) is 5.80. The first-order valence-corrected chi connectivity index (χ1v) is 7.12. The lowest BCUT2D eigenvalue weighted by Gasteiger charge is -2.45. The summed E-state index contributed by atoms with van der Waals surface area (Å²) < 4.78 is 11.1. The molecule has 1 saturated heterocycles. The summed E-state index contributed by atoms with van der Waals surface area (Å²) in [5.41, 5.74) is -0.743. The van der Waals surface area contributed by atoms with Crippen molar-refractivity contribution in [2.45, 2.75) is 70.1 Å². The van der Waals surface area contributed by atoms with Crippen LogP contribution in [-0.4, -0.2) is 36.4 Å². The summed E-state index contributed by atoms with van der Waals surface area (Å²) in [4.78, 5) is 12.3. The molecular formula is C14H25NO3. The quantitative estimate of drug-likeness (QED) is 0.764. The number of ether oxygens (including phenoxy) is 2. The van der Waals surface area contributed by atoms with Crippen molar-refractivity contribution in [2.24, 2.45) is 0 Å². The normalized spacial score (nSPS) is 36.4. The van der Waals surface area contributed by atoms with Crippen LogP contribution in [0, 0.1) is 0 Å². The van der Waals surface area contributed by atoms with Gasteiger partial charge in [0.05, 0.1) is 12.2 Å². The van der Waals surface area contributed by atoms with Gasteiger partial charge in [0.25, 0.3) is 0 Å². The van der Waals surface area contributed by atoms with Gasteiger partial charge < -0.3 is 9.47 Å². The first kappa shape index (κ1) is 13.8. The minimum absolute atomic E-state index is 0.0973. The van der Waals surface area contributed by atoms with Gasteiger partial charge in [-0.3, -0.25) is 10.1 Å². The highest BCUT2D eigenvalue weighted by atomic mass is 16.5. The molecule has 1 aliphatic carbocycles. The third-order valence-corrected chi connectivity index (χ3v) is 4.13. The Kier molecular flexibility index (Phi) is 3.97. The van der Waals surface area contributed by atoms with E-state index in [2.05, 4.69) is 19.2 Å². The summed E-state index contributed by atoms with van der Waals surface area (Å²) in [6.07, 6.45) is 4.69. The van der Waals surface area contributed by atoms with E-state index in [1.54, 1.807) is 0 Å². The molecule has 0 radical (unpaired) electrons. The summed E-state index contributed by atoms with van der Waals surface area (Å²) in [6, 6.07) is 0.494. The Bertz CT molecular complexity index is 316. The Morgan fingerprint density at radius 3 is 2.72 bits per heavy atom. The molecule has 0 bridgehead atoms. The number of carbonyl (C=O) groups excluding carboxylic acids is 1. The topological polar surface area (TPSA) is 47.6 Å². The van der Waals surface area contributed by atoms with Crippen molar-refractivity contribution >= 4 is 5.97 Å². The van der Waals surface area contributed by atoms with Crippen LogP contribution in [-0.2, 0) is 14.3 Å². The molecule has 0 aromatic carbocycles. The number of hydrogen-bond acceptors (Lipinski definition) is 4. The molecule has 0 spiro atoms. The lowest BCUT2D eigenvalue weighted by atomic mass is 9.79. The van der Waals surface area contributed by atoms with Gasteiger partial charge in [-0.25, -0.2) is 0 Å². The third-order valence-electron chi connectivity index (χ3n) is 4.13. The Balaban J connectivity index is 2.14. The van der Waals surface area contributed by atoms with Crippen molar-refractivity contribution in [3.63, 3.8) is 0 Å². The second-order valence-corrected chi connectivity index (χ2v) is 5.80. The van der Waals surface area contributed by atoms with Crippen LogP contribution in [0.4, 0.5) is 0 Å². The predicted octanol–water partition coefficient (Wildman–Crippen LogP) is 2.02. The summed E-state index contributed by atoms with van der Waals surface area (Å²) in [5, 5.41) is 3.53. The molecule has 0 amide bonds. The largest absolute Gasteiger partial charge is 0.465 e. The molecule has 2 atom stereocenters. The maximum Gasteiger partial charge on any atom is 0.326 e. The Hall–Kier alpha value is -0.610. The molecule has 1 N–H and O–H groups in total. The number of nitrogens with one attached hydrogen (secondary N) is 1. The molecule has 2 unspecified atom stereocenters. The highest BCUT2D eigenvalue weighted by molar-refractivity contribution is 5.81. The van der Waals surface area contributed by atoms with E-state index in [9.17, 15) is 4.79 Å². The van der Waals surface area contributed by atoms with E-state index in [0.29, 0.717) is 25.7 Å². The van der Waals surface area contributed by atoms with E-state index in [0.717, 1.165) is 12.8 Å². The number of carbonyl (C=O) groups is 1. The molecule has 1 saturated carbocycles. The summed E-state index contributed by atoms with van der Waals surface area (Å²) >= 11 is 0. The average molecular weight is 255 g/mol. The maximum atomic E-state index is 12.3. The molecule has 1 heterocycles. The van der Waals surface area contributed by atoms with Gasteiger partial charge in [0.2, 0.25) is 0 Å². The molecule has 104 valence electrons. The maximum absolute atomic E-state index is 12.3. The van der Waals surface area contributed by atoms with Crippen molar-refractivity contribution in [1.82, 2.24) is 5.32 Å². The zero-order chi connectivity index (χ0) is 13.2. The summed E-state index contributed by atoms with van der Waals surface area (Å²) in [5.74, 6) is -0.0973. The van der Waals surface area contributed by atoms with Gasteiger partial charge in [0.1, 0.15) is 5.54 Å². The zero-order valence-electron chi connectivity index (χ0n) is 11.8. The Morgan fingerprint density at radius 1 is 1.44 bits per heavy atom. The van der Waals surface area contributed by atoms with Crippen molar-refractivity contribution in [3.8, 4) is 0 Å². The standard InChI is InChI=1S/C14H25NO3/c1-4-13(3)10-14(8-9-18-13,12(16)17-5-2)15-11-6-7-11/h11,15H,4-10H2,1-3H3. The molecule has 4 heteroatoms. The third kappa shape index (κ3) is 2.86. The van der Waals surface area contributed by atoms with Crippen LogP contribution in [0.25, 0.3) is 0 Å². The highest BCUT2D eigenvalue weighted by Gasteiger charge is 2.50. The van der Waals surface area contributed by atoms with Crippen LogP contribution in [0.1, 0.15) is 52.9 Å². The molecule has 2 rings (SSSR count). The fraction of sp³-hybridized carbons (Fsp3) is 0.929. The van der Waals surface area contributed by atoms with Gasteiger partial charge in [0, 0.05) is 19.1 Å². The van der Waals surface area contributed by atoms with E-state index < -0.39 is 5.54 Å². The first-order chi connectivity index (χ1) is 8.53. The minimum atomic E-state index is -0.528. The Morgan fingerprint density at radius 2 is 2.17 bits per heavy atom. The van der Waals surface area contributed by atoms with Gasteiger partial charge in [-0.2, -0.15) is 0 Å². The van der Waals surface area contributed by atoms with Gasteiger partial charge in [0.15, 0.2) is 0 Å². The molecule has 0 aromatic heterocycles. The molecule has 18 heavy (non-hydrogen) atoms.